The summed E-state index contributed by atoms with van der Waals surface area (Å²) in [5, 5.41) is 14.2. The number of halogens is 1. The van der Waals surface area contributed by atoms with Crippen molar-refractivity contribution in [3.63, 3.8) is 0 Å². The summed E-state index contributed by atoms with van der Waals surface area (Å²) in [7, 11) is 0. The van der Waals surface area contributed by atoms with E-state index in [1.165, 1.54) is 35.8 Å². The van der Waals surface area contributed by atoms with Crippen molar-refractivity contribution in [2.45, 2.75) is 6.54 Å². The van der Waals surface area contributed by atoms with Gasteiger partial charge in [0.1, 0.15) is 6.07 Å². The number of hydrogen-bond acceptors (Lipinski definition) is 6. The van der Waals surface area contributed by atoms with Crippen LogP contribution in [0.3, 0.4) is 0 Å². The maximum absolute atomic E-state index is 12.2. The minimum atomic E-state index is -0.929. The van der Waals surface area contributed by atoms with E-state index in [0.29, 0.717) is 14.8 Å². The molecule has 0 saturated carbocycles. The Bertz CT molecular complexity index is 1080. The van der Waals surface area contributed by atoms with E-state index in [-0.39, 0.29) is 29.3 Å². The number of nitriles is 1. The number of furan rings is 1. The van der Waals surface area contributed by atoms with Gasteiger partial charge >= 0.3 is 11.8 Å². The zero-order valence-corrected chi connectivity index (χ0v) is 15.8. The zero-order valence-electron chi connectivity index (χ0n) is 14.2. The molecule has 0 radical (unpaired) electrons. The molecule has 2 amide bonds. The lowest BCUT2D eigenvalue weighted by Gasteiger charge is -2.07. The smallest absolute Gasteiger partial charge is 0.313 e. The molecular weight excluding hydrogens is 402 g/mol. The number of thiophene rings is 1. The van der Waals surface area contributed by atoms with Gasteiger partial charge in [-0.1, -0.05) is 11.6 Å². The predicted octanol–water partition coefficient (Wildman–Crippen LogP) is 3.35. The molecule has 2 N–H and O–H groups in total. The lowest BCUT2D eigenvalue weighted by Crippen LogP contribution is -2.34. The van der Waals surface area contributed by atoms with Crippen molar-refractivity contribution >= 4 is 46.2 Å². The van der Waals surface area contributed by atoms with Crippen LogP contribution < -0.4 is 10.6 Å². The van der Waals surface area contributed by atoms with Crippen LogP contribution in [0.4, 0.5) is 5.69 Å². The number of rotatable bonds is 5. The Morgan fingerprint density at radius 1 is 1.14 bits per heavy atom. The number of nitrogens with zero attached hydrogens (tertiary/aromatic N) is 1. The van der Waals surface area contributed by atoms with Crippen LogP contribution in [0.1, 0.15) is 25.9 Å². The van der Waals surface area contributed by atoms with Gasteiger partial charge in [-0.25, -0.2) is 0 Å². The predicted molar refractivity (Wildman–Crippen MR) is 103 cm³/mol. The molecule has 0 spiro atoms. The molecular formula is C19H12ClN3O4S. The van der Waals surface area contributed by atoms with E-state index in [0.717, 1.165) is 0 Å². The summed E-state index contributed by atoms with van der Waals surface area (Å²) in [6.07, 6.45) is 1.41. The van der Waals surface area contributed by atoms with E-state index in [1.807, 2.05) is 6.07 Å². The fourth-order valence-electron chi connectivity index (χ4n) is 2.27. The monoisotopic (exact) mass is 413 g/mol. The van der Waals surface area contributed by atoms with Crippen LogP contribution in [-0.2, 0) is 16.1 Å². The molecule has 3 rings (SSSR count). The Morgan fingerprint density at radius 2 is 1.96 bits per heavy atom. The second-order valence-corrected chi connectivity index (χ2v) is 7.12. The van der Waals surface area contributed by atoms with Crippen LogP contribution >= 0.6 is 22.9 Å². The van der Waals surface area contributed by atoms with Crippen molar-refractivity contribution in [3.05, 3.63) is 74.8 Å². The summed E-state index contributed by atoms with van der Waals surface area (Å²) < 4.78 is 5.07. The van der Waals surface area contributed by atoms with Crippen LogP contribution in [0.15, 0.2) is 53.1 Å². The fraction of sp³-hybridized carbons (Fsp3) is 0.0526. The Kier molecular flexibility index (Phi) is 5.89. The number of ketones is 1. The second kappa shape index (κ2) is 8.52. The van der Waals surface area contributed by atoms with Crippen molar-refractivity contribution in [1.82, 2.24) is 5.32 Å². The second-order valence-electron chi connectivity index (χ2n) is 5.51. The van der Waals surface area contributed by atoms with E-state index in [1.54, 1.807) is 24.3 Å². The van der Waals surface area contributed by atoms with Gasteiger partial charge in [0, 0.05) is 9.90 Å². The molecule has 140 valence electrons. The van der Waals surface area contributed by atoms with Gasteiger partial charge in [0.25, 0.3) is 0 Å². The summed E-state index contributed by atoms with van der Waals surface area (Å²) in [5.41, 5.74) is 0.336. The Hall–Kier alpha value is -3.41. The molecule has 2 aromatic heterocycles. The van der Waals surface area contributed by atoms with Gasteiger partial charge in [0.05, 0.1) is 28.9 Å². The molecule has 3 aromatic rings. The minimum absolute atomic E-state index is 0.0724. The first kappa shape index (κ1) is 19.4. The van der Waals surface area contributed by atoms with Gasteiger partial charge in [-0.2, -0.15) is 5.26 Å². The van der Waals surface area contributed by atoms with Crippen LogP contribution in [0.25, 0.3) is 0 Å². The topological polar surface area (TPSA) is 112 Å². The summed E-state index contributed by atoms with van der Waals surface area (Å²) in [4.78, 5) is 37.4. The third-order valence-corrected chi connectivity index (χ3v) is 4.93. The molecule has 9 heteroatoms. The molecule has 0 aliphatic carbocycles. The minimum Gasteiger partial charge on any atom is -0.461 e. The summed E-state index contributed by atoms with van der Waals surface area (Å²) in [5.74, 6) is -1.83. The molecule has 7 nitrogen and oxygen atoms in total. The lowest BCUT2D eigenvalue weighted by molar-refractivity contribution is -0.136. The molecule has 0 aliphatic heterocycles. The number of benzene rings is 1. The van der Waals surface area contributed by atoms with Crippen molar-refractivity contribution in [2.24, 2.45) is 0 Å². The summed E-state index contributed by atoms with van der Waals surface area (Å²) in [6.45, 7) is 0.0724. The summed E-state index contributed by atoms with van der Waals surface area (Å²) >= 11 is 7.04. The highest BCUT2D eigenvalue weighted by molar-refractivity contribution is 7.14. The van der Waals surface area contributed by atoms with Crippen molar-refractivity contribution in [3.8, 4) is 6.07 Å². The number of anilines is 1. The molecule has 0 unspecified atom stereocenters. The van der Waals surface area contributed by atoms with E-state index >= 15 is 0 Å². The first-order valence-electron chi connectivity index (χ1n) is 7.93. The normalized spacial score (nSPS) is 10.1. The molecule has 0 atom stereocenters. The molecule has 28 heavy (non-hydrogen) atoms. The van der Waals surface area contributed by atoms with Gasteiger partial charge in [0.2, 0.25) is 5.78 Å². The molecule has 0 aliphatic rings. The van der Waals surface area contributed by atoms with Crippen LogP contribution in [0.5, 0.6) is 0 Å². The standard InChI is InChI=1S/C19H12ClN3O4S/c20-12-4-3-11(9-21)14(8-12)23-19(26)18(25)22-10-13-5-6-16(28-13)17(24)15-2-1-7-27-15/h1-8H,10H2,(H,22,25)(H,23,26). The average Bonchev–Trinajstić information content (AvgIpc) is 3.38. The van der Waals surface area contributed by atoms with E-state index in [2.05, 4.69) is 10.6 Å². The van der Waals surface area contributed by atoms with Gasteiger partial charge in [-0.05, 0) is 42.5 Å². The fourth-order valence-corrected chi connectivity index (χ4v) is 3.33. The van der Waals surface area contributed by atoms with Crippen molar-refractivity contribution < 1.29 is 18.8 Å². The first-order valence-corrected chi connectivity index (χ1v) is 9.13. The number of carbonyl (C=O) groups is 3. The van der Waals surface area contributed by atoms with Crippen LogP contribution in [0, 0.1) is 11.3 Å². The third kappa shape index (κ3) is 4.46. The van der Waals surface area contributed by atoms with E-state index in [4.69, 9.17) is 21.3 Å². The highest BCUT2D eigenvalue weighted by Crippen LogP contribution is 2.21. The van der Waals surface area contributed by atoms with Crippen LogP contribution in [0.2, 0.25) is 5.02 Å². The van der Waals surface area contributed by atoms with Crippen LogP contribution in [-0.4, -0.2) is 17.6 Å². The Balaban J connectivity index is 1.59. The largest absolute Gasteiger partial charge is 0.461 e. The highest BCUT2D eigenvalue weighted by Gasteiger charge is 2.17. The maximum atomic E-state index is 12.2. The zero-order chi connectivity index (χ0) is 20.1. The quantitative estimate of drug-likeness (QED) is 0.492. The Morgan fingerprint density at radius 3 is 2.68 bits per heavy atom. The van der Waals surface area contributed by atoms with E-state index < -0.39 is 11.8 Å². The average molecular weight is 414 g/mol. The number of amides is 2. The molecule has 1 aromatic carbocycles. The number of carbonyl (C=O) groups excluding carboxylic acids is 3. The van der Waals surface area contributed by atoms with Gasteiger partial charge in [-0.15, -0.1) is 11.3 Å². The molecule has 0 fully saturated rings. The molecule has 2 heterocycles. The number of hydrogen-bond donors (Lipinski definition) is 2. The van der Waals surface area contributed by atoms with E-state index in [9.17, 15) is 14.4 Å². The van der Waals surface area contributed by atoms with Crippen molar-refractivity contribution in [1.29, 1.82) is 5.26 Å². The third-order valence-electron chi connectivity index (χ3n) is 3.61. The number of nitrogens with one attached hydrogen (secondary N) is 2. The maximum Gasteiger partial charge on any atom is 0.313 e. The van der Waals surface area contributed by atoms with Gasteiger partial charge in [-0.3, -0.25) is 14.4 Å². The molecule has 0 saturated heterocycles. The van der Waals surface area contributed by atoms with Gasteiger partial charge in [0.15, 0.2) is 5.76 Å². The van der Waals surface area contributed by atoms with Gasteiger partial charge < -0.3 is 15.1 Å². The summed E-state index contributed by atoms with van der Waals surface area (Å²) in [6, 6.07) is 12.7. The Labute approximate surface area is 168 Å². The van der Waals surface area contributed by atoms with Crippen molar-refractivity contribution in [2.75, 3.05) is 5.32 Å². The SMILES string of the molecule is N#Cc1ccc(Cl)cc1NC(=O)C(=O)NCc1ccc(C(=O)c2ccco2)s1. The molecule has 0 bridgehead atoms. The highest BCUT2D eigenvalue weighted by atomic mass is 35.5. The lowest BCUT2D eigenvalue weighted by atomic mass is 10.2. The first-order chi connectivity index (χ1) is 13.5.